The van der Waals surface area contributed by atoms with E-state index in [4.69, 9.17) is 9.47 Å². The minimum absolute atomic E-state index is 0.0919. The van der Waals surface area contributed by atoms with Crippen molar-refractivity contribution in [2.24, 2.45) is 5.92 Å². The lowest BCUT2D eigenvalue weighted by molar-refractivity contribution is 0.247. The summed E-state index contributed by atoms with van der Waals surface area (Å²) >= 11 is 1.84. The van der Waals surface area contributed by atoms with E-state index in [-0.39, 0.29) is 12.1 Å². The van der Waals surface area contributed by atoms with Crippen molar-refractivity contribution in [1.29, 1.82) is 0 Å². The first-order valence-corrected chi connectivity index (χ1v) is 13.0. The maximum Gasteiger partial charge on any atom is 0.319 e. The number of aromatic nitrogens is 1. The zero-order chi connectivity index (χ0) is 24.9. The van der Waals surface area contributed by atoms with Crippen LogP contribution in [-0.4, -0.2) is 43.3 Å². The number of fused-ring (bicyclic) bond motifs is 1. The van der Waals surface area contributed by atoms with Crippen molar-refractivity contribution in [3.8, 4) is 16.5 Å². The van der Waals surface area contributed by atoms with Gasteiger partial charge in [0, 0.05) is 59.8 Å². The first-order valence-electron chi connectivity index (χ1n) is 12.1. The third kappa shape index (κ3) is 6.00. The smallest absolute Gasteiger partial charge is 0.319 e. The number of hydrogen-bond donors (Lipinski definition) is 2. The van der Waals surface area contributed by atoms with Crippen LogP contribution in [0.3, 0.4) is 0 Å². The topological polar surface area (TPSA) is 67.8 Å². The van der Waals surface area contributed by atoms with Crippen molar-refractivity contribution < 1.29 is 14.3 Å². The van der Waals surface area contributed by atoms with Gasteiger partial charge < -0.3 is 29.6 Å². The Morgan fingerprint density at radius 2 is 1.77 bits per heavy atom. The zero-order valence-corrected chi connectivity index (χ0v) is 22.1. The Morgan fingerprint density at radius 1 is 1.09 bits per heavy atom. The van der Waals surface area contributed by atoms with Gasteiger partial charge in [-0.05, 0) is 49.9 Å². The lowest BCUT2D eigenvalue weighted by Crippen LogP contribution is -2.34. The molecule has 0 saturated carbocycles. The van der Waals surface area contributed by atoms with Crippen LogP contribution >= 0.6 is 11.3 Å². The Morgan fingerprint density at radius 3 is 2.40 bits per heavy atom. The summed E-state index contributed by atoms with van der Waals surface area (Å²) in [4.78, 5) is 17.0. The van der Waals surface area contributed by atoms with Gasteiger partial charge in [-0.15, -0.1) is 11.3 Å². The number of carbonyl (C=O) groups is 1. The number of rotatable bonds is 9. The van der Waals surface area contributed by atoms with Crippen LogP contribution in [-0.2, 0) is 13.0 Å². The van der Waals surface area contributed by atoms with E-state index in [1.54, 1.807) is 32.4 Å². The Bertz CT molecular complexity index is 1120. The molecule has 3 heterocycles. The number of methoxy groups -OCH3 is 2. The summed E-state index contributed by atoms with van der Waals surface area (Å²) in [7, 11) is 5.36. The summed E-state index contributed by atoms with van der Waals surface area (Å²) in [5.41, 5.74) is 3.28. The van der Waals surface area contributed by atoms with Gasteiger partial charge in [-0.1, -0.05) is 13.8 Å². The highest BCUT2D eigenvalue weighted by Crippen LogP contribution is 2.41. The van der Waals surface area contributed by atoms with Crippen molar-refractivity contribution in [3.63, 3.8) is 0 Å². The summed E-state index contributed by atoms with van der Waals surface area (Å²) in [6.45, 7) is 6.42. The number of anilines is 1. The Balaban J connectivity index is 1.66. The third-order valence-electron chi connectivity index (χ3n) is 6.40. The summed E-state index contributed by atoms with van der Waals surface area (Å²) in [5.74, 6) is 1.80. The molecule has 2 N–H and O–H groups in total. The lowest BCUT2D eigenvalue weighted by atomic mass is 9.92. The molecule has 35 heavy (non-hydrogen) atoms. The van der Waals surface area contributed by atoms with Gasteiger partial charge in [-0.2, -0.15) is 0 Å². The van der Waals surface area contributed by atoms with E-state index in [2.05, 4.69) is 53.4 Å². The van der Waals surface area contributed by atoms with Gasteiger partial charge in [0.1, 0.15) is 16.5 Å². The van der Waals surface area contributed by atoms with E-state index in [1.165, 1.54) is 21.0 Å². The molecule has 2 amide bonds. The first kappa shape index (κ1) is 25.1. The van der Waals surface area contributed by atoms with E-state index in [0.29, 0.717) is 23.1 Å². The zero-order valence-electron chi connectivity index (χ0n) is 21.3. The molecule has 4 rings (SSSR count). The van der Waals surface area contributed by atoms with Gasteiger partial charge in [-0.3, -0.25) is 0 Å². The molecule has 0 radical (unpaired) electrons. The predicted octanol–water partition coefficient (Wildman–Crippen LogP) is 5.84. The second-order valence-electron chi connectivity index (χ2n) is 9.52. The van der Waals surface area contributed by atoms with Gasteiger partial charge in [0.2, 0.25) is 0 Å². The van der Waals surface area contributed by atoms with Gasteiger partial charge in [-0.25, -0.2) is 4.79 Å². The summed E-state index contributed by atoms with van der Waals surface area (Å²) < 4.78 is 12.9. The monoisotopic (exact) mass is 496 g/mol. The molecular weight excluding hydrogens is 460 g/mol. The van der Waals surface area contributed by atoms with Crippen molar-refractivity contribution in [2.75, 3.05) is 33.1 Å². The number of ether oxygens (including phenoxy) is 2. The van der Waals surface area contributed by atoms with Crippen LogP contribution in [0.4, 0.5) is 10.5 Å². The SMILES string of the molecule is COc1cc(NC(=O)NC(CCC(C)C)c2c(-n3cccc3)sc3c2CCN(C)C3)cc(OC)c1. The van der Waals surface area contributed by atoms with E-state index >= 15 is 0 Å². The molecule has 1 atom stereocenters. The number of likely N-dealkylation sites (N-methyl/N-ethyl adjacent to an activating group) is 1. The van der Waals surface area contributed by atoms with Crippen molar-refractivity contribution in [2.45, 2.75) is 45.7 Å². The Labute approximate surface area is 212 Å². The molecule has 0 saturated heterocycles. The number of nitrogens with zero attached hydrogens (tertiary/aromatic N) is 2. The first-order chi connectivity index (χ1) is 16.9. The molecule has 0 fully saturated rings. The highest BCUT2D eigenvalue weighted by molar-refractivity contribution is 7.15. The quantitative estimate of drug-likeness (QED) is 0.390. The molecule has 1 aliphatic rings. The van der Waals surface area contributed by atoms with Crippen molar-refractivity contribution >= 4 is 23.1 Å². The normalized spacial score (nSPS) is 14.5. The molecule has 1 unspecified atom stereocenters. The fourth-order valence-corrected chi connectivity index (χ4v) is 6.01. The number of urea groups is 1. The summed E-state index contributed by atoms with van der Waals surface area (Å²) in [6.07, 6.45) is 7.07. The van der Waals surface area contributed by atoms with Crippen LogP contribution in [0.25, 0.3) is 5.00 Å². The molecule has 7 nitrogen and oxygen atoms in total. The molecule has 0 spiro atoms. The largest absolute Gasteiger partial charge is 0.497 e. The average Bonchev–Trinajstić information content (AvgIpc) is 3.49. The van der Waals surface area contributed by atoms with Gasteiger partial charge >= 0.3 is 6.03 Å². The number of carbonyl (C=O) groups excluding carboxylic acids is 1. The molecule has 1 aromatic carbocycles. The third-order valence-corrected chi connectivity index (χ3v) is 7.65. The van der Waals surface area contributed by atoms with E-state index in [9.17, 15) is 4.79 Å². The summed E-state index contributed by atoms with van der Waals surface area (Å²) in [6, 6.07) is 9.14. The molecule has 1 aliphatic heterocycles. The maximum atomic E-state index is 13.3. The number of nitrogens with one attached hydrogen (secondary N) is 2. The van der Waals surface area contributed by atoms with Gasteiger partial charge in [0.15, 0.2) is 0 Å². The molecule has 0 bridgehead atoms. The molecule has 0 aliphatic carbocycles. The van der Waals surface area contributed by atoms with Gasteiger partial charge in [0.25, 0.3) is 0 Å². The fraction of sp³-hybridized carbons (Fsp3) is 0.444. The van der Waals surface area contributed by atoms with Crippen LogP contribution in [0.2, 0.25) is 0 Å². The minimum atomic E-state index is -0.236. The number of benzene rings is 1. The average molecular weight is 497 g/mol. The van der Waals surface area contributed by atoms with Crippen LogP contribution in [0, 0.1) is 5.92 Å². The van der Waals surface area contributed by atoms with Gasteiger partial charge in [0.05, 0.1) is 20.3 Å². The van der Waals surface area contributed by atoms with Crippen LogP contribution in [0.5, 0.6) is 11.5 Å². The summed E-state index contributed by atoms with van der Waals surface area (Å²) in [5, 5.41) is 7.50. The molecular formula is C27H36N4O3S. The van der Waals surface area contributed by atoms with E-state index in [0.717, 1.165) is 32.4 Å². The van der Waals surface area contributed by atoms with E-state index in [1.807, 2.05) is 23.5 Å². The highest BCUT2D eigenvalue weighted by atomic mass is 32.1. The molecule has 3 aromatic rings. The predicted molar refractivity (Wildman–Crippen MR) is 142 cm³/mol. The van der Waals surface area contributed by atoms with Crippen LogP contribution in [0.15, 0.2) is 42.7 Å². The molecule has 2 aromatic heterocycles. The number of thiophene rings is 1. The minimum Gasteiger partial charge on any atom is -0.497 e. The van der Waals surface area contributed by atoms with E-state index < -0.39 is 0 Å². The second-order valence-corrected chi connectivity index (χ2v) is 10.6. The lowest BCUT2D eigenvalue weighted by Gasteiger charge is -2.26. The van der Waals surface area contributed by atoms with Crippen molar-refractivity contribution in [3.05, 3.63) is 58.7 Å². The Kier molecular flexibility index (Phi) is 8.03. The fourth-order valence-electron chi connectivity index (χ4n) is 4.56. The molecule has 8 heteroatoms. The van der Waals surface area contributed by atoms with Crippen molar-refractivity contribution in [1.82, 2.24) is 14.8 Å². The highest BCUT2D eigenvalue weighted by Gasteiger charge is 2.29. The molecule has 188 valence electrons. The number of hydrogen-bond acceptors (Lipinski definition) is 5. The number of amides is 2. The maximum absolute atomic E-state index is 13.3. The standard InChI is InChI=1S/C27H36N4O3S/c1-18(2)8-9-23(29-27(32)28-19-14-20(33-4)16-21(15-19)34-5)25-22-10-13-30(3)17-24(22)35-26(25)31-11-6-7-12-31/h6-7,11-12,14-16,18,23H,8-10,13,17H2,1-5H3,(H2,28,29,32). The second kappa shape index (κ2) is 11.2. The Hall–Kier alpha value is -2.97. The van der Waals surface area contributed by atoms with Crippen LogP contribution in [0.1, 0.15) is 48.7 Å². The van der Waals surface area contributed by atoms with Crippen LogP contribution < -0.4 is 20.1 Å².